The molecular formula is C21H22N4. The van der Waals surface area contributed by atoms with Crippen molar-refractivity contribution in [3.05, 3.63) is 77.5 Å². The second-order valence-corrected chi connectivity index (χ2v) is 5.94. The van der Waals surface area contributed by atoms with Crippen molar-refractivity contribution in [1.82, 2.24) is 9.97 Å². The van der Waals surface area contributed by atoms with Gasteiger partial charge in [0.25, 0.3) is 0 Å². The van der Waals surface area contributed by atoms with E-state index in [0.717, 1.165) is 29.0 Å². The van der Waals surface area contributed by atoms with Gasteiger partial charge in [0.15, 0.2) is 11.6 Å². The van der Waals surface area contributed by atoms with Crippen LogP contribution < -0.4 is 5.43 Å². The van der Waals surface area contributed by atoms with E-state index in [9.17, 15) is 0 Å². The Hall–Kier alpha value is -3.01. The molecule has 0 radical (unpaired) electrons. The molecule has 0 fully saturated rings. The van der Waals surface area contributed by atoms with E-state index in [0.29, 0.717) is 11.6 Å². The summed E-state index contributed by atoms with van der Waals surface area (Å²) in [7, 11) is 0. The van der Waals surface area contributed by atoms with E-state index in [1.807, 2.05) is 50.2 Å². The molecule has 0 saturated heterocycles. The van der Waals surface area contributed by atoms with Gasteiger partial charge in [0.1, 0.15) is 0 Å². The Labute approximate surface area is 148 Å². The molecule has 0 aliphatic heterocycles. The summed E-state index contributed by atoms with van der Waals surface area (Å²) in [6, 6.07) is 20.3. The predicted octanol–water partition coefficient (Wildman–Crippen LogP) is 4.85. The van der Waals surface area contributed by atoms with Gasteiger partial charge >= 0.3 is 0 Å². The highest BCUT2D eigenvalue weighted by atomic mass is 15.3. The lowest BCUT2D eigenvalue weighted by Crippen LogP contribution is -2.03. The molecule has 3 aromatic rings. The topological polar surface area (TPSA) is 50.2 Å². The minimum absolute atomic E-state index is 0.691. The predicted molar refractivity (Wildman–Crippen MR) is 104 cm³/mol. The Kier molecular flexibility index (Phi) is 5.19. The molecule has 4 heteroatoms. The summed E-state index contributed by atoms with van der Waals surface area (Å²) in [5, 5.41) is 4.47. The smallest absolute Gasteiger partial charge is 0.161 e. The van der Waals surface area contributed by atoms with E-state index in [1.165, 1.54) is 5.56 Å². The first kappa shape index (κ1) is 16.8. The molecule has 0 spiro atoms. The second kappa shape index (κ2) is 7.71. The van der Waals surface area contributed by atoms with E-state index in [2.05, 4.69) is 51.7 Å². The Balaban J connectivity index is 1.81. The number of aryl methyl sites for hydroxylation is 2. The molecule has 0 amide bonds. The van der Waals surface area contributed by atoms with Gasteiger partial charge in [-0.2, -0.15) is 5.10 Å². The quantitative estimate of drug-likeness (QED) is 0.537. The maximum Gasteiger partial charge on any atom is 0.161 e. The zero-order chi connectivity index (χ0) is 17.6. The standard InChI is InChI=1S/C21H22N4/c1-4-17-10-12-18(13-11-17)16(3)24-25-20-14-15(2)22-21(23-20)19-8-6-5-7-9-19/h5-14H,4H2,1-3H3,(H,22,23,25). The zero-order valence-corrected chi connectivity index (χ0v) is 14.8. The summed E-state index contributed by atoms with van der Waals surface area (Å²) >= 11 is 0. The van der Waals surface area contributed by atoms with E-state index in [1.54, 1.807) is 0 Å². The molecule has 0 unspecified atom stereocenters. The molecule has 0 aliphatic rings. The lowest BCUT2D eigenvalue weighted by molar-refractivity contribution is 1.09. The van der Waals surface area contributed by atoms with Crippen LogP contribution in [-0.2, 0) is 6.42 Å². The summed E-state index contributed by atoms with van der Waals surface area (Å²) in [5.41, 5.74) is 8.29. The Bertz CT molecular complexity index is 868. The molecule has 4 nitrogen and oxygen atoms in total. The molecule has 25 heavy (non-hydrogen) atoms. The first-order valence-corrected chi connectivity index (χ1v) is 8.46. The van der Waals surface area contributed by atoms with E-state index < -0.39 is 0 Å². The Morgan fingerprint density at radius 3 is 2.40 bits per heavy atom. The highest BCUT2D eigenvalue weighted by Crippen LogP contribution is 2.17. The molecule has 1 N–H and O–H groups in total. The molecule has 1 heterocycles. The normalized spacial score (nSPS) is 11.4. The summed E-state index contributed by atoms with van der Waals surface area (Å²) in [6.45, 7) is 6.10. The van der Waals surface area contributed by atoms with Crippen LogP contribution in [0.15, 0.2) is 65.8 Å². The number of rotatable bonds is 5. The largest absolute Gasteiger partial charge is 0.261 e. The number of hydrogen-bond acceptors (Lipinski definition) is 4. The molecule has 3 rings (SSSR count). The highest BCUT2D eigenvalue weighted by Gasteiger charge is 2.05. The van der Waals surface area contributed by atoms with Crippen LogP contribution in [0.5, 0.6) is 0 Å². The van der Waals surface area contributed by atoms with Gasteiger partial charge in [-0.25, -0.2) is 9.97 Å². The van der Waals surface area contributed by atoms with E-state index in [-0.39, 0.29) is 0 Å². The number of nitrogens with one attached hydrogen (secondary N) is 1. The average molecular weight is 330 g/mol. The van der Waals surface area contributed by atoms with Gasteiger partial charge in [0, 0.05) is 17.3 Å². The molecule has 2 aromatic carbocycles. The summed E-state index contributed by atoms with van der Waals surface area (Å²) in [6.07, 6.45) is 1.04. The number of hydrazone groups is 1. The van der Waals surface area contributed by atoms with Crippen molar-refractivity contribution in [3.63, 3.8) is 0 Å². The molecule has 0 atom stereocenters. The van der Waals surface area contributed by atoms with Crippen LogP contribution in [0.25, 0.3) is 11.4 Å². The first-order valence-electron chi connectivity index (χ1n) is 8.46. The summed E-state index contributed by atoms with van der Waals surface area (Å²) in [4.78, 5) is 9.08. The van der Waals surface area contributed by atoms with Crippen LogP contribution in [0.1, 0.15) is 30.7 Å². The molecule has 0 aliphatic carbocycles. The van der Waals surface area contributed by atoms with Crippen LogP contribution in [0.4, 0.5) is 5.82 Å². The van der Waals surface area contributed by atoms with Crippen molar-refractivity contribution in [2.24, 2.45) is 5.10 Å². The van der Waals surface area contributed by atoms with E-state index >= 15 is 0 Å². The van der Waals surface area contributed by atoms with Gasteiger partial charge in [0.05, 0.1) is 5.71 Å². The van der Waals surface area contributed by atoms with Gasteiger partial charge in [-0.3, -0.25) is 5.43 Å². The van der Waals surface area contributed by atoms with Crippen LogP contribution >= 0.6 is 0 Å². The maximum absolute atomic E-state index is 4.57. The molecule has 0 bridgehead atoms. The monoisotopic (exact) mass is 330 g/mol. The van der Waals surface area contributed by atoms with Crippen LogP contribution in [-0.4, -0.2) is 15.7 Å². The third-order valence-electron chi connectivity index (χ3n) is 4.00. The minimum atomic E-state index is 0.691. The summed E-state index contributed by atoms with van der Waals surface area (Å²) in [5.74, 6) is 1.39. The summed E-state index contributed by atoms with van der Waals surface area (Å²) < 4.78 is 0. The number of hydrogen-bond donors (Lipinski definition) is 1. The number of anilines is 1. The van der Waals surface area contributed by atoms with Crippen molar-refractivity contribution in [2.45, 2.75) is 27.2 Å². The van der Waals surface area contributed by atoms with Gasteiger partial charge in [-0.1, -0.05) is 61.5 Å². The number of aromatic nitrogens is 2. The fourth-order valence-electron chi connectivity index (χ4n) is 2.53. The minimum Gasteiger partial charge on any atom is -0.261 e. The molecular weight excluding hydrogens is 308 g/mol. The van der Waals surface area contributed by atoms with Gasteiger partial charge in [-0.15, -0.1) is 0 Å². The van der Waals surface area contributed by atoms with Crippen molar-refractivity contribution >= 4 is 11.5 Å². The third-order valence-corrected chi connectivity index (χ3v) is 4.00. The van der Waals surface area contributed by atoms with Gasteiger partial charge < -0.3 is 0 Å². The molecule has 1 aromatic heterocycles. The maximum atomic E-state index is 4.57. The SMILES string of the molecule is CCc1ccc(C(C)=NNc2cc(C)nc(-c3ccccc3)n2)cc1. The molecule has 0 saturated carbocycles. The molecule has 126 valence electrons. The second-order valence-electron chi connectivity index (χ2n) is 5.94. The average Bonchev–Trinajstić information content (AvgIpc) is 2.66. The first-order chi connectivity index (χ1) is 12.2. The fourth-order valence-corrected chi connectivity index (χ4v) is 2.53. The Morgan fingerprint density at radius 1 is 1.00 bits per heavy atom. The zero-order valence-electron chi connectivity index (χ0n) is 14.8. The van der Waals surface area contributed by atoms with Gasteiger partial charge in [-0.05, 0) is 31.4 Å². The number of nitrogens with zero attached hydrogens (tertiary/aromatic N) is 3. The highest BCUT2D eigenvalue weighted by molar-refractivity contribution is 5.99. The fraction of sp³-hybridized carbons (Fsp3) is 0.190. The number of benzene rings is 2. The lowest BCUT2D eigenvalue weighted by atomic mass is 10.1. The Morgan fingerprint density at radius 2 is 1.72 bits per heavy atom. The third kappa shape index (κ3) is 4.29. The van der Waals surface area contributed by atoms with Gasteiger partial charge in [0.2, 0.25) is 0 Å². The van der Waals surface area contributed by atoms with Crippen molar-refractivity contribution in [3.8, 4) is 11.4 Å². The van der Waals surface area contributed by atoms with Crippen LogP contribution in [0.3, 0.4) is 0 Å². The lowest BCUT2D eigenvalue weighted by Gasteiger charge is -2.07. The van der Waals surface area contributed by atoms with Crippen molar-refractivity contribution in [1.29, 1.82) is 0 Å². The van der Waals surface area contributed by atoms with Crippen LogP contribution in [0, 0.1) is 6.92 Å². The van der Waals surface area contributed by atoms with Crippen molar-refractivity contribution < 1.29 is 0 Å². The van der Waals surface area contributed by atoms with Crippen LogP contribution in [0.2, 0.25) is 0 Å². The van der Waals surface area contributed by atoms with Crippen molar-refractivity contribution in [2.75, 3.05) is 5.43 Å². The van der Waals surface area contributed by atoms with E-state index in [4.69, 9.17) is 0 Å².